The Hall–Kier alpha value is -3.48. The average Bonchev–Trinajstić information content (AvgIpc) is 3.55. The number of piperidine rings is 1. The van der Waals surface area contributed by atoms with Crippen molar-refractivity contribution in [3.05, 3.63) is 47.7 Å². The number of amides is 2. The van der Waals surface area contributed by atoms with Crippen molar-refractivity contribution in [1.29, 1.82) is 0 Å². The largest absolute Gasteiger partial charge is 0.394 e. The molecule has 1 saturated heterocycles. The van der Waals surface area contributed by atoms with Crippen LogP contribution in [0.15, 0.2) is 30.6 Å². The van der Waals surface area contributed by atoms with Crippen LogP contribution < -0.4 is 10.6 Å². The number of nitrogens with zero attached hydrogens (tertiary/aromatic N) is 5. The van der Waals surface area contributed by atoms with E-state index in [1.165, 1.54) is 10.9 Å². The van der Waals surface area contributed by atoms with E-state index >= 15 is 0 Å². The Kier molecular flexibility index (Phi) is 8.11. The van der Waals surface area contributed by atoms with Crippen molar-refractivity contribution >= 4 is 17.5 Å². The molecule has 2 aliphatic rings. The highest BCUT2D eigenvalue weighted by atomic mass is 19.4. The van der Waals surface area contributed by atoms with E-state index in [0.717, 1.165) is 25.7 Å². The summed E-state index contributed by atoms with van der Waals surface area (Å²) in [5.41, 5.74) is 2.00. The van der Waals surface area contributed by atoms with Crippen LogP contribution in [0, 0.1) is 23.7 Å². The first kappa shape index (κ1) is 28.1. The Morgan fingerprint density at radius 1 is 1.23 bits per heavy atom. The van der Waals surface area contributed by atoms with Crippen LogP contribution >= 0.6 is 0 Å². The number of aliphatic hydroxyl groups is 1. The lowest BCUT2D eigenvalue weighted by Crippen LogP contribution is -2.47. The molecule has 10 nitrogen and oxygen atoms in total. The van der Waals surface area contributed by atoms with E-state index in [0.29, 0.717) is 28.6 Å². The highest BCUT2D eigenvalue weighted by molar-refractivity contribution is 5.92. The molecule has 3 atom stereocenters. The summed E-state index contributed by atoms with van der Waals surface area (Å²) in [6.45, 7) is 1.87. The molecule has 5 rings (SSSR count). The minimum Gasteiger partial charge on any atom is -0.394 e. The third kappa shape index (κ3) is 6.13. The van der Waals surface area contributed by atoms with E-state index in [1.807, 2.05) is 0 Å². The molecular formula is C27H34F3N7O3. The number of rotatable bonds is 8. The van der Waals surface area contributed by atoms with Gasteiger partial charge in [0.05, 0.1) is 42.7 Å². The number of carbonyl (C=O) groups is 2. The van der Waals surface area contributed by atoms with Crippen LogP contribution in [0.3, 0.4) is 0 Å². The fourth-order valence-corrected chi connectivity index (χ4v) is 5.84. The van der Waals surface area contributed by atoms with E-state index in [2.05, 4.69) is 27.8 Å². The summed E-state index contributed by atoms with van der Waals surface area (Å²) in [6, 6.07) is 4.62. The van der Waals surface area contributed by atoms with E-state index in [1.54, 1.807) is 28.9 Å². The minimum atomic E-state index is -4.37. The molecule has 4 heterocycles. The molecule has 0 bridgehead atoms. The van der Waals surface area contributed by atoms with Gasteiger partial charge < -0.3 is 15.7 Å². The number of hydrogen-bond donors (Lipinski definition) is 3. The number of alkyl halides is 3. The van der Waals surface area contributed by atoms with E-state index in [-0.39, 0.29) is 43.9 Å². The monoisotopic (exact) mass is 561 g/mol. The van der Waals surface area contributed by atoms with Gasteiger partial charge in [-0.3, -0.25) is 14.3 Å². The fourth-order valence-electron chi connectivity index (χ4n) is 5.84. The highest BCUT2D eigenvalue weighted by Gasteiger charge is 2.44. The zero-order valence-electron chi connectivity index (χ0n) is 22.3. The highest BCUT2D eigenvalue weighted by Crippen LogP contribution is 2.37. The maximum absolute atomic E-state index is 13.3. The first-order valence-electron chi connectivity index (χ1n) is 13.8. The normalized spacial score (nSPS) is 24.6. The Balaban J connectivity index is 1.38. The summed E-state index contributed by atoms with van der Waals surface area (Å²) < 4.78 is 42.8. The van der Waals surface area contributed by atoms with Gasteiger partial charge in [0.25, 0.3) is 5.91 Å². The second kappa shape index (κ2) is 11.6. The molecule has 1 aliphatic carbocycles. The molecule has 2 amide bonds. The number of carbonyl (C=O) groups excluding carboxylic acids is 2. The van der Waals surface area contributed by atoms with E-state index in [9.17, 15) is 27.9 Å². The Bertz CT molecular complexity index is 1350. The molecule has 3 N–H and O–H groups in total. The van der Waals surface area contributed by atoms with Crippen molar-refractivity contribution in [3.63, 3.8) is 0 Å². The molecule has 0 aromatic carbocycles. The van der Waals surface area contributed by atoms with Crippen molar-refractivity contribution in [2.45, 2.75) is 64.2 Å². The maximum atomic E-state index is 13.3. The number of aliphatic hydroxyl groups excluding tert-OH is 1. The SMILES string of the molecule is CC1CCC([C@H](NC(=O)c2ccnn2CCO)c2cn3nc(C[C@H]4C[C@@H](C(F)(F)F)CNC4=O)ccc3n2)CC1. The van der Waals surface area contributed by atoms with Crippen LogP contribution in [0.1, 0.15) is 66.9 Å². The molecule has 0 radical (unpaired) electrons. The zero-order chi connectivity index (χ0) is 28.4. The smallest absolute Gasteiger partial charge is 0.393 e. The van der Waals surface area contributed by atoms with Crippen molar-refractivity contribution in [1.82, 2.24) is 35.0 Å². The van der Waals surface area contributed by atoms with Crippen LogP contribution in [0.5, 0.6) is 0 Å². The first-order valence-corrected chi connectivity index (χ1v) is 13.8. The quantitative estimate of drug-likeness (QED) is 0.388. The van der Waals surface area contributed by atoms with Gasteiger partial charge in [0.15, 0.2) is 5.65 Å². The third-order valence-electron chi connectivity index (χ3n) is 8.17. The number of aromatic nitrogens is 5. The molecule has 0 unspecified atom stereocenters. The molecule has 2 fully saturated rings. The van der Waals surface area contributed by atoms with Crippen LogP contribution in [0.4, 0.5) is 13.2 Å². The summed E-state index contributed by atoms with van der Waals surface area (Å²) in [5, 5.41) is 23.5. The van der Waals surface area contributed by atoms with Crippen LogP contribution in [0.25, 0.3) is 5.65 Å². The molecule has 13 heteroatoms. The summed E-state index contributed by atoms with van der Waals surface area (Å²) in [7, 11) is 0. The van der Waals surface area contributed by atoms with Gasteiger partial charge >= 0.3 is 6.18 Å². The lowest BCUT2D eigenvalue weighted by molar-refractivity contribution is -0.183. The van der Waals surface area contributed by atoms with Gasteiger partial charge in [-0.2, -0.15) is 23.4 Å². The summed E-state index contributed by atoms with van der Waals surface area (Å²) >= 11 is 0. The summed E-state index contributed by atoms with van der Waals surface area (Å²) in [4.78, 5) is 30.3. The van der Waals surface area contributed by atoms with Crippen molar-refractivity contribution < 1.29 is 27.9 Å². The lowest BCUT2D eigenvalue weighted by atomic mass is 9.78. The van der Waals surface area contributed by atoms with Gasteiger partial charge in [-0.25, -0.2) is 9.50 Å². The molecule has 216 valence electrons. The number of fused-ring (bicyclic) bond motifs is 1. The molecule has 3 aromatic rings. The van der Waals surface area contributed by atoms with Gasteiger partial charge in [-0.1, -0.05) is 19.8 Å². The van der Waals surface area contributed by atoms with Crippen molar-refractivity contribution in [2.75, 3.05) is 13.2 Å². The number of hydrogen-bond acceptors (Lipinski definition) is 6. The topological polar surface area (TPSA) is 126 Å². The Morgan fingerprint density at radius 2 is 2.00 bits per heavy atom. The van der Waals surface area contributed by atoms with E-state index < -0.39 is 30.5 Å². The number of halogens is 3. The Labute approximate surface area is 229 Å². The van der Waals surface area contributed by atoms with E-state index in [4.69, 9.17) is 4.98 Å². The van der Waals surface area contributed by atoms with Gasteiger partial charge in [0.2, 0.25) is 5.91 Å². The van der Waals surface area contributed by atoms with Crippen molar-refractivity contribution in [2.24, 2.45) is 23.7 Å². The number of imidazole rings is 1. The zero-order valence-corrected chi connectivity index (χ0v) is 22.3. The third-order valence-corrected chi connectivity index (χ3v) is 8.17. The van der Waals surface area contributed by atoms with Gasteiger partial charge in [0.1, 0.15) is 5.69 Å². The van der Waals surface area contributed by atoms with Gasteiger partial charge in [-0.05, 0) is 49.3 Å². The summed E-state index contributed by atoms with van der Waals surface area (Å²) in [5.74, 6) is -2.35. The van der Waals surface area contributed by atoms with Gasteiger partial charge in [0, 0.05) is 25.1 Å². The lowest BCUT2D eigenvalue weighted by Gasteiger charge is -2.32. The number of nitrogens with one attached hydrogen (secondary N) is 2. The molecule has 0 spiro atoms. The van der Waals surface area contributed by atoms with Gasteiger partial charge in [-0.15, -0.1) is 0 Å². The average molecular weight is 562 g/mol. The second-order valence-corrected chi connectivity index (χ2v) is 11.0. The molecule has 3 aromatic heterocycles. The first-order chi connectivity index (χ1) is 19.1. The Morgan fingerprint density at radius 3 is 2.73 bits per heavy atom. The van der Waals surface area contributed by atoms with Crippen LogP contribution in [0.2, 0.25) is 0 Å². The van der Waals surface area contributed by atoms with Crippen LogP contribution in [-0.2, 0) is 17.8 Å². The molecule has 40 heavy (non-hydrogen) atoms. The molecule has 1 aliphatic heterocycles. The molecular weight excluding hydrogens is 527 g/mol. The summed E-state index contributed by atoms with van der Waals surface area (Å²) in [6.07, 6.45) is 2.62. The maximum Gasteiger partial charge on any atom is 0.393 e. The standard InChI is InChI=1S/C27H34F3N7O3/c1-16-2-4-17(5-3-16)24(34-26(40)22-8-9-32-36(22)10-11-38)21-15-37-23(33-21)7-6-20(35-37)13-18-12-19(27(28,29)30)14-31-25(18)39/h6-9,15-19,24,38H,2-5,10-14H2,1H3,(H,31,39)(H,34,40)/t16?,17?,18-,19-,24+/m1/s1. The predicted molar refractivity (Wildman–Crippen MR) is 138 cm³/mol. The second-order valence-electron chi connectivity index (χ2n) is 11.0. The fraction of sp³-hybridized carbons (Fsp3) is 0.593. The minimum absolute atomic E-state index is 0.0807. The predicted octanol–water partition coefficient (Wildman–Crippen LogP) is 3.07. The molecule has 1 saturated carbocycles. The van der Waals surface area contributed by atoms with Crippen LogP contribution in [-0.4, -0.2) is 60.6 Å². The van der Waals surface area contributed by atoms with Crippen molar-refractivity contribution in [3.8, 4) is 0 Å².